The average Bonchev–Trinajstić information content (AvgIpc) is 2.68. The maximum absolute atomic E-state index is 12.0. The van der Waals surface area contributed by atoms with Crippen LogP contribution in [-0.4, -0.2) is 41.4 Å². The lowest BCUT2D eigenvalue weighted by atomic mass is 9.87. The molecule has 3 nitrogen and oxygen atoms in total. The van der Waals surface area contributed by atoms with E-state index >= 15 is 0 Å². The minimum atomic E-state index is -0.290. The van der Waals surface area contributed by atoms with Crippen LogP contribution in [0, 0.1) is 5.41 Å². The number of hydrogen-bond donors (Lipinski definition) is 0. The molecule has 2 aliphatic heterocycles. The van der Waals surface area contributed by atoms with Crippen LogP contribution < -0.4 is 0 Å². The molecule has 74 valence electrons. The Labute approximate surface area is 83.6 Å². The molecule has 2 fully saturated rings. The van der Waals surface area contributed by atoms with Crippen LogP contribution in [0.25, 0.3) is 0 Å². The molecule has 2 rings (SSSR count). The van der Waals surface area contributed by atoms with Crippen molar-refractivity contribution < 1.29 is 4.79 Å². The minimum absolute atomic E-state index is 0.238. The van der Waals surface area contributed by atoms with Gasteiger partial charge in [-0.3, -0.25) is 9.80 Å². The summed E-state index contributed by atoms with van der Waals surface area (Å²) < 4.78 is 0. The Hall–Kier alpha value is -0.280. The zero-order chi connectivity index (χ0) is 9.47. The van der Waals surface area contributed by atoms with Gasteiger partial charge in [0.2, 0.25) is 5.91 Å². The van der Waals surface area contributed by atoms with Crippen molar-refractivity contribution in [2.24, 2.45) is 5.41 Å². The van der Waals surface area contributed by atoms with Crippen LogP contribution in [0.15, 0.2) is 0 Å². The average molecular weight is 203 g/mol. The van der Waals surface area contributed by atoms with Crippen LogP contribution >= 0.6 is 11.6 Å². The highest BCUT2D eigenvalue weighted by molar-refractivity contribution is 6.20. The molecule has 0 spiro atoms. The number of fused-ring (bicyclic) bond motifs is 1. The number of hydrogen-bond acceptors (Lipinski definition) is 2. The van der Waals surface area contributed by atoms with E-state index in [1.54, 1.807) is 0 Å². The van der Waals surface area contributed by atoms with E-state index < -0.39 is 0 Å². The summed E-state index contributed by atoms with van der Waals surface area (Å²) >= 11 is 5.90. The first-order valence-corrected chi connectivity index (χ1v) is 5.40. The zero-order valence-corrected chi connectivity index (χ0v) is 8.68. The highest BCUT2D eigenvalue weighted by Gasteiger charge is 2.50. The normalized spacial score (nSPS) is 34.3. The fourth-order valence-corrected chi connectivity index (χ4v) is 2.60. The highest BCUT2D eigenvalue weighted by Crippen LogP contribution is 2.36. The van der Waals surface area contributed by atoms with Crippen LogP contribution in [0.3, 0.4) is 0 Å². The van der Waals surface area contributed by atoms with E-state index in [-0.39, 0.29) is 11.3 Å². The Morgan fingerprint density at radius 2 is 2.31 bits per heavy atom. The lowest BCUT2D eigenvalue weighted by Gasteiger charge is -2.21. The van der Waals surface area contributed by atoms with Crippen molar-refractivity contribution >= 4 is 17.5 Å². The number of halogens is 1. The smallest absolute Gasteiger partial charge is 0.245 e. The van der Waals surface area contributed by atoms with Crippen LogP contribution in [0.5, 0.6) is 0 Å². The van der Waals surface area contributed by atoms with Crippen molar-refractivity contribution in [3.8, 4) is 0 Å². The first-order chi connectivity index (χ1) is 6.23. The standard InChI is InChI=1S/C9H15ClN2O/c1-2-9(6-10)7-11-4-3-5-12(11)8(9)13/h2-7H2,1H3/t9-/m0/s1. The van der Waals surface area contributed by atoms with Crippen molar-refractivity contribution in [3.63, 3.8) is 0 Å². The zero-order valence-electron chi connectivity index (χ0n) is 7.92. The summed E-state index contributed by atoms with van der Waals surface area (Å²) in [5.41, 5.74) is -0.290. The molecule has 2 saturated heterocycles. The number of alkyl halides is 1. The largest absolute Gasteiger partial charge is 0.275 e. The Bertz CT molecular complexity index is 228. The van der Waals surface area contributed by atoms with Gasteiger partial charge in [-0.2, -0.15) is 0 Å². The first-order valence-electron chi connectivity index (χ1n) is 4.86. The Balaban J connectivity index is 2.22. The maximum Gasteiger partial charge on any atom is 0.245 e. The van der Waals surface area contributed by atoms with Crippen LogP contribution in [0.1, 0.15) is 19.8 Å². The third-order valence-electron chi connectivity index (χ3n) is 3.23. The van der Waals surface area contributed by atoms with Gasteiger partial charge in [-0.05, 0) is 12.8 Å². The molecule has 0 bridgehead atoms. The SMILES string of the molecule is CC[C@]1(CCl)CN2CCCN2C1=O. The van der Waals surface area contributed by atoms with Gasteiger partial charge in [0.05, 0.1) is 5.41 Å². The third kappa shape index (κ3) is 1.17. The van der Waals surface area contributed by atoms with Crippen molar-refractivity contribution in [2.75, 3.05) is 25.5 Å². The van der Waals surface area contributed by atoms with Gasteiger partial charge in [-0.15, -0.1) is 11.6 Å². The van der Waals surface area contributed by atoms with E-state index in [1.807, 2.05) is 11.9 Å². The molecule has 0 N–H and O–H groups in total. The fraction of sp³-hybridized carbons (Fsp3) is 0.889. The van der Waals surface area contributed by atoms with Gasteiger partial charge in [0.15, 0.2) is 0 Å². The quantitative estimate of drug-likeness (QED) is 0.626. The van der Waals surface area contributed by atoms with Gasteiger partial charge in [0, 0.05) is 25.5 Å². The van der Waals surface area contributed by atoms with Gasteiger partial charge in [0.25, 0.3) is 0 Å². The molecule has 0 aromatic rings. The first kappa shape index (κ1) is 9.28. The molecule has 1 atom stereocenters. The molecule has 0 unspecified atom stereocenters. The molecule has 1 amide bonds. The topological polar surface area (TPSA) is 23.6 Å². The number of carbonyl (C=O) groups is 1. The molecule has 0 aliphatic carbocycles. The number of hydrazine groups is 1. The predicted octanol–water partition coefficient (Wildman–Crippen LogP) is 1.08. The Morgan fingerprint density at radius 1 is 1.54 bits per heavy atom. The van der Waals surface area contributed by atoms with E-state index in [9.17, 15) is 4.79 Å². The van der Waals surface area contributed by atoms with E-state index in [2.05, 4.69) is 5.01 Å². The minimum Gasteiger partial charge on any atom is -0.275 e. The second kappa shape index (κ2) is 3.14. The fourth-order valence-electron chi connectivity index (χ4n) is 2.21. The van der Waals surface area contributed by atoms with Gasteiger partial charge >= 0.3 is 0 Å². The summed E-state index contributed by atoms with van der Waals surface area (Å²) in [4.78, 5) is 12.0. The van der Waals surface area contributed by atoms with E-state index in [0.29, 0.717) is 5.88 Å². The van der Waals surface area contributed by atoms with E-state index in [4.69, 9.17) is 11.6 Å². The number of rotatable bonds is 2. The summed E-state index contributed by atoms with van der Waals surface area (Å²) in [5, 5.41) is 4.03. The summed E-state index contributed by atoms with van der Waals surface area (Å²) in [5.74, 6) is 0.692. The Kier molecular flexibility index (Phi) is 2.24. The maximum atomic E-state index is 12.0. The molecule has 0 aromatic carbocycles. The second-order valence-corrected chi connectivity index (χ2v) is 4.20. The molecule has 0 radical (unpaired) electrons. The highest BCUT2D eigenvalue weighted by atomic mass is 35.5. The van der Waals surface area contributed by atoms with Crippen LogP contribution in [0.2, 0.25) is 0 Å². The van der Waals surface area contributed by atoms with Crippen molar-refractivity contribution in [3.05, 3.63) is 0 Å². The Morgan fingerprint density at radius 3 is 2.85 bits per heavy atom. The van der Waals surface area contributed by atoms with Crippen molar-refractivity contribution in [2.45, 2.75) is 19.8 Å². The predicted molar refractivity (Wildman–Crippen MR) is 51.3 cm³/mol. The summed E-state index contributed by atoms with van der Waals surface area (Å²) in [6.07, 6.45) is 1.95. The van der Waals surface area contributed by atoms with E-state index in [0.717, 1.165) is 32.5 Å². The molecule has 0 saturated carbocycles. The lowest BCUT2D eigenvalue weighted by Crippen LogP contribution is -2.36. The van der Waals surface area contributed by atoms with Crippen LogP contribution in [0.4, 0.5) is 0 Å². The number of carbonyl (C=O) groups excluding carboxylic acids is 1. The lowest BCUT2D eigenvalue weighted by molar-refractivity contribution is -0.139. The third-order valence-corrected chi connectivity index (χ3v) is 3.75. The summed E-state index contributed by atoms with van der Waals surface area (Å²) in [7, 11) is 0. The molecule has 2 aliphatic rings. The molecule has 0 aromatic heterocycles. The molecule has 2 heterocycles. The van der Waals surface area contributed by atoms with Gasteiger partial charge in [-0.25, -0.2) is 5.01 Å². The van der Waals surface area contributed by atoms with Crippen LogP contribution in [-0.2, 0) is 4.79 Å². The van der Waals surface area contributed by atoms with Gasteiger partial charge in [0.1, 0.15) is 0 Å². The van der Waals surface area contributed by atoms with Crippen molar-refractivity contribution in [1.29, 1.82) is 0 Å². The molecule has 4 heteroatoms. The second-order valence-electron chi connectivity index (χ2n) is 3.94. The molecular weight excluding hydrogens is 188 g/mol. The summed E-state index contributed by atoms with van der Waals surface area (Å²) in [6.45, 7) is 4.78. The molecular formula is C9H15ClN2O. The van der Waals surface area contributed by atoms with Crippen molar-refractivity contribution in [1.82, 2.24) is 10.0 Å². The number of amides is 1. The molecule has 13 heavy (non-hydrogen) atoms. The van der Waals surface area contributed by atoms with Gasteiger partial charge < -0.3 is 0 Å². The monoisotopic (exact) mass is 202 g/mol. The van der Waals surface area contributed by atoms with Gasteiger partial charge in [-0.1, -0.05) is 6.92 Å². The van der Waals surface area contributed by atoms with E-state index in [1.165, 1.54) is 0 Å². The number of nitrogens with zero attached hydrogens (tertiary/aromatic N) is 2. The summed E-state index contributed by atoms with van der Waals surface area (Å²) in [6, 6.07) is 0.